The second kappa shape index (κ2) is 10.1. The number of nitrogens with zero attached hydrogens (tertiary/aromatic N) is 2. The van der Waals surface area contributed by atoms with E-state index in [9.17, 15) is 5.11 Å². The molecule has 0 saturated carbocycles. The predicted molar refractivity (Wildman–Crippen MR) is 87.0 cm³/mol. The van der Waals surface area contributed by atoms with Crippen LogP contribution in [-0.2, 0) is 0 Å². The van der Waals surface area contributed by atoms with Crippen LogP contribution in [0, 0.1) is 0 Å². The summed E-state index contributed by atoms with van der Waals surface area (Å²) in [4.78, 5) is 4.65. The van der Waals surface area contributed by atoms with Crippen LogP contribution in [0.2, 0.25) is 0 Å². The molecule has 1 heterocycles. The molecule has 0 bridgehead atoms. The smallest absolute Gasteiger partial charge is 0.182 e. The largest absolute Gasteiger partial charge is 0.391 e. The third kappa shape index (κ3) is 5.37. The summed E-state index contributed by atoms with van der Waals surface area (Å²) in [5, 5.41) is 9.27. The summed E-state index contributed by atoms with van der Waals surface area (Å²) in [6, 6.07) is 0. The first-order valence-electron chi connectivity index (χ1n) is 8.42. The van der Waals surface area contributed by atoms with Gasteiger partial charge in [-0.15, -0.1) is 0 Å². The van der Waals surface area contributed by atoms with E-state index in [4.69, 9.17) is 0 Å². The van der Waals surface area contributed by atoms with Gasteiger partial charge in [-0.25, -0.2) is 4.99 Å². The van der Waals surface area contributed by atoms with Gasteiger partial charge < -0.3 is 5.11 Å². The first-order valence-corrected chi connectivity index (χ1v) is 8.42. The predicted octanol–water partition coefficient (Wildman–Crippen LogP) is 3.53. The van der Waals surface area contributed by atoms with Crippen LogP contribution >= 0.6 is 0 Å². The molecule has 0 aliphatic carbocycles. The van der Waals surface area contributed by atoms with E-state index in [-0.39, 0.29) is 6.61 Å². The van der Waals surface area contributed by atoms with Crippen LogP contribution in [0.1, 0.15) is 58.8 Å². The van der Waals surface area contributed by atoms with Crippen molar-refractivity contribution in [2.24, 2.45) is 4.99 Å². The van der Waals surface area contributed by atoms with E-state index in [0.29, 0.717) is 6.17 Å². The minimum Gasteiger partial charge on any atom is -0.391 e. The zero-order valence-electron chi connectivity index (χ0n) is 13.4. The Labute approximate surface area is 125 Å². The van der Waals surface area contributed by atoms with Gasteiger partial charge in [0.25, 0.3) is 0 Å². The molecule has 0 amide bonds. The van der Waals surface area contributed by atoms with Crippen LogP contribution in [0.25, 0.3) is 0 Å². The lowest BCUT2D eigenvalue weighted by atomic mass is 10.1. The number of aliphatic hydroxyl groups excluding tert-OH is 1. The van der Waals surface area contributed by atoms with Crippen LogP contribution in [0.3, 0.4) is 0 Å². The molecule has 0 fully saturated rings. The maximum Gasteiger partial charge on any atom is 0.182 e. The number of quaternary nitrogens is 1. The summed E-state index contributed by atoms with van der Waals surface area (Å²) in [6.45, 7) is 7.63. The Morgan fingerprint density at radius 1 is 1.20 bits per heavy atom. The number of aliphatic imine (C=N–C) groups is 1. The highest BCUT2D eigenvalue weighted by Crippen LogP contribution is 2.23. The number of unbranched alkanes of at least 4 members (excludes halogenated alkanes) is 4. The molecule has 0 saturated heterocycles. The van der Waals surface area contributed by atoms with Crippen molar-refractivity contribution in [3.63, 3.8) is 0 Å². The van der Waals surface area contributed by atoms with Crippen molar-refractivity contribution in [2.75, 3.05) is 26.2 Å². The molecule has 1 aliphatic heterocycles. The van der Waals surface area contributed by atoms with Gasteiger partial charge in [0.2, 0.25) is 0 Å². The summed E-state index contributed by atoms with van der Waals surface area (Å²) in [5.41, 5.74) is 0. The average molecular weight is 281 g/mol. The molecular formula is C17H33N2O+. The molecule has 0 aromatic heterocycles. The lowest BCUT2D eigenvalue weighted by Crippen LogP contribution is -2.53. The average Bonchev–Trinajstić information content (AvgIpc) is 2.86. The highest BCUT2D eigenvalue weighted by Gasteiger charge is 2.36. The lowest BCUT2D eigenvalue weighted by Gasteiger charge is -2.37. The summed E-state index contributed by atoms with van der Waals surface area (Å²) >= 11 is 0. The van der Waals surface area contributed by atoms with Gasteiger partial charge in [-0.3, -0.25) is 4.48 Å². The maximum atomic E-state index is 9.27. The summed E-state index contributed by atoms with van der Waals surface area (Å²) in [5.74, 6) is 0. The molecule has 0 spiro atoms. The highest BCUT2D eigenvalue weighted by atomic mass is 16.3. The third-order valence-corrected chi connectivity index (χ3v) is 4.50. The number of hydrogen-bond acceptors (Lipinski definition) is 2. The topological polar surface area (TPSA) is 32.6 Å². The SMILES string of the molecule is CCCCC/C=C/CCCC1N=CC[N+]1(CC)CCO. The van der Waals surface area contributed by atoms with Gasteiger partial charge in [0.15, 0.2) is 6.17 Å². The molecule has 0 radical (unpaired) electrons. The van der Waals surface area contributed by atoms with Crippen molar-refractivity contribution in [3.05, 3.63) is 12.2 Å². The second-order valence-corrected chi connectivity index (χ2v) is 5.87. The van der Waals surface area contributed by atoms with Crippen LogP contribution in [0.5, 0.6) is 0 Å². The molecule has 0 aromatic rings. The Bertz CT molecular complexity index is 301. The molecule has 2 atom stereocenters. The Hall–Kier alpha value is -0.670. The van der Waals surface area contributed by atoms with E-state index < -0.39 is 0 Å². The number of hydrogen-bond donors (Lipinski definition) is 1. The van der Waals surface area contributed by atoms with Gasteiger partial charge in [0, 0.05) is 6.42 Å². The summed E-state index contributed by atoms with van der Waals surface area (Å²) in [7, 11) is 0. The monoisotopic (exact) mass is 281 g/mol. The molecule has 1 aliphatic rings. The van der Waals surface area contributed by atoms with E-state index in [1.54, 1.807) is 0 Å². The molecule has 116 valence electrons. The Morgan fingerprint density at radius 2 is 1.95 bits per heavy atom. The second-order valence-electron chi connectivity index (χ2n) is 5.87. The number of aliphatic hydroxyl groups is 1. The number of likely N-dealkylation sites (N-methyl/N-ethyl adjacent to an activating group) is 1. The number of rotatable bonds is 11. The Kier molecular flexibility index (Phi) is 8.79. The van der Waals surface area contributed by atoms with Crippen molar-refractivity contribution in [1.29, 1.82) is 0 Å². The van der Waals surface area contributed by atoms with Crippen molar-refractivity contribution in [2.45, 2.75) is 65.0 Å². The van der Waals surface area contributed by atoms with Crippen molar-refractivity contribution < 1.29 is 9.59 Å². The molecule has 1 N–H and O–H groups in total. The van der Waals surface area contributed by atoms with Gasteiger partial charge in [0.1, 0.15) is 13.1 Å². The van der Waals surface area contributed by atoms with Crippen molar-refractivity contribution in [1.82, 2.24) is 0 Å². The fourth-order valence-corrected chi connectivity index (χ4v) is 3.05. The molecule has 20 heavy (non-hydrogen) atoms. The van der Waals surface area contributed by atoms with Gasteiger partial charge >= 0.3 is 0 Å². The molecule has 2 unspecified atom stereocenters. The minimum atomic E-state index is 0.269. The van der Waals surface area contributed by atoms with Crippen LogP contribution in [0.4, 0.5) is 0 Å². The van der Waals surface area contributed by atoms with Crippen LogP contribution < -0.4 is 0 Å². The number of allylic oxidation sites excluding steroid dienone is 2. The highest BCUT2D eigenvalue weighted by molar-refractivity contribution is 5.60. The first-order chi connectivity index (χ1) is 9.79. The minimum absolute atomic E-state index is 0.269. The van der Waals surface area contributed by atoms with Crippen LogP contribution in [-0.4, -0.2) is 48.2 Å². The zero-order valence-corrected chi connectivity index (χ0v) is 13.4. The lowest BCUT2D eigenvalue weighted by molar-refractivity contribution is -0.936. The Morgan fingerprint density at radius 3 is 2.60 bits per heavy atom. The molecule has 0 aromatic carbocycles. The normalized spacial score (nSPS) is 25.9. The molecule has 3 heteroatoms. The fraction of sp³-hybridized carbons (Fsp3) is 0.824. The van der Waals surface area contributed by atoms with Gasteiger partial charge in [-0.05, 0) is 32.6 Å². The van der Waals surface area contributed by atoms with Gasteiger partial charge in [0.05, 0.1) is 19.4 Å². The standard InChI is InChI=1S/C17H33N2O/c1-3-5-6-7-8-9-10-11-12-17-18-13-14-19(17,4-2)15-16-20/h8-9,13,17,20H,3-7,10-12,14-16H2,1-2H3/q+1/b9-8+. The molecule has 1 rings (SSSR count). The van der Waals surface area contributed by atoms with E-state index in [1.807, 2.05) is 0 Å². The summed E-state index contributed by atoms with van der Waals surface area (Å²) in [6.07, 6.45) is 15.8. The third-order valence-electron chi connectivity index (χ3n) is 4.50. The van der Waals surface area contributed by atoms with Gasteiger partial charge in [-0.1, -0.05) is 31.9 Å². The first kappa shape index (κ1) is 17.4. The van der Waals surface area contributed by atoms with E-state index in [2.05, 4.69) is 37.2 Å². The molecular weight excluding hydrogens is 248 g/mol. The van der Waals surface area contributed by atoms with E-state index >= 15 is 0 Å². The van der Waals surface area contributed by atoms with Crippen molar-refractivity contribution in [3.8, 4) is 0 Å². The van der Waals surface area contributed by atoms with Crippen LogP contribution in [0.15, 0.2) is 17.1 Å². The quantitative estimate of drug-likeness (QED) is 0.351. The summed E-state index contributed by atoms with van der Waals surface area (Å²) < 4.78 is 0.955. The van der Waals surface area contributed by atoms with Gasteiger partial charge in [-0.2, -0.15) is 0 Å². The van der Waals surface area contributed by atoms with E-state index in [0.717, 1.165) is 30.5 Å². The van der Waals surface area contributed by atoms with Crippen molar-refractivity contribution >= 4 is 6.21 Å². The fourth-order valence-electron chi connectivity index (χ4n) is 3.05. The molecule has 3 nitrogen and oxygen atoms in total. The zero-order chi connectivity index (χ0) is 14.7. The maximum absolute atomic E-state index is 9.27. The van der Waals surface area contributed by atoms with E-state index in [1.165, 1.54) is 38.5 Å². The Balaban J connectivity index is 2.21.